The fraction of sp³-hybridized carbons (Fsp3) is 0.765. The van der Waals surface area contributed by atoms with Gasteiger partial charge in [-0.15, -0.1) is 0 Å². The van der Waals surface area contributed by atoms with Gasteiger partial charge >= 0.3 is 71.6 Å². The van der Waals surface area contributed by atoms with Crippen LogP contribution < -0.4 is 63.8 Å². The molecule has 0 bridgehead atoms. The van der Waals surface area contributed by atoms with Crippen molar-refractivity contribution >= 4 is 119 Å². The smallest absolute Gasteiger partial charge is 0.317 e. The molecule has 0 atom stereocenters. The number of nitrogens with zero attached hydrogens (tertiary/aromatic N) is 12. The number of hydrogen-bond donors (Lipinski definition) is 24. The van der Waals surface area contributed by atoms with E-state index in [-0.39, 0.29) is 207 Å². The van der Waals surface area contributed by atoms with Crippen molar-refractivity contribution in [3.05, 3.63) is 0 Å². The number of hydrogen-bond acceptors (Lipinski definition) is 36. The summed E-state index contributed by atoms with van der Waals surface area (Å²) in [6, 6.07) is 0. The molecule has 0 aliphatic rings. The molecule has 0 radical (unpaired) electrons. The molecule has 0 heterocycles. The third-order valence-corrected chi connectivity index (χ3v) is 20.6. The van der Waals surface area contributed by atoms with Gasteiger partial charge in [0.2, 0.25) is 47.3 Å². The van der Waals surface area contributed by atoms with Crippen LogP contribution >= 0.6 is 0 Å². The summed E-state index contributed by atoms with van der Waals surface area (Å²) in [4.78, 5) is 275. The third-order valence-electron chi connectivity index (χ3n) is 20.6. The molecular weight excluding hydrogens is 1870 g/mol. The van der Waals surface area contributed by atoms with Gasteiger partial charge in [0.15, 0.2) is 0 Å². The summed E-state index contributed by atoms with van der Waals surface area (Å²) >= 11 is 0. The fourth-order valence-electron chi connectivity index (χ4n) is 13.9. The molecule has 0 aliphatic heterocycles. The van der Waals surface area contributed by atoms with Gasteiger partial charge < -0.3 is 145 Å². The van der Waals surface area contributed by atoms with Crippen LogP contribution in [0.1, 0.15) is 55.4 Å². The molecule has 56 nitrogen and oxygen atoms in total. The summed E-state index contributed by atoms with van der Waals surface area (Å²) in [7, 11) is 0. The van der Waals surface area contributed by atoms with Gasteiger partial charge in [0, 0.05) is 215 Å². The summed E-state index contributed by atoms with van der Waals surface area (Å²) in [6.45, 7) is 1.66. The molecule has 141 heavy (non-hydrogen) atoms. The van der Waals surface area contributed by atoms with Crippen LogP contribution in [0.25, 0.3) is 0 Å². The van der Waals surface area contributed by atoms with E-state index in [2.05, 4.69) is 63.8 Å². The highest BCUT2D eigenvalue weighted by Crippen LogP contribution is 2.16. The van der Waals surface area contributed by atoms with Crippen molar-refractivity contribution in [1.29, 1.82) is 0 Å². The van der Waals surface area contributed by atoms with E-state index in [1.807, 2.05) is 0 Å². The van der Waals surface area contributed by atoms with Crippen molar-refractivity contribution in [2.45, 2.75) is 55.4 Å². The van der Waals surface area contributed by atoms with Crippen LogP contribution in [0.15, 0.2) is 0 Å². The van der Waals surface area contributed by atoms with Gasteiger partial charge in [0.1, 0.15) is 0 Å². The minimum Gasteiger partial charge on any atom is -0.480 e. The maximum Gasteiger partial charge on any atom is 0.317 e. The number of rotatable bonds is 92. The molecule has 8 amide bonds. The summed E-state index contributed by atoms with van der Waals surface area (Å²) < 4.78 is 0. The first-order chi connectivity index (χ1) is 66.3. The molecule has 0 rings (SSSR count). The van der Waals surface area contributed by atoms with Gasteiger partial charge in [0.25, 0.3) is 0 Å². The molecule has 0 aliphatic carbocycles. The summed E-state index contributed by atoms with van der Waals surface area (Å²) in [5.41, 5.74) is -1.86. The minimum atomic E-state index is -1.86. The molecule has 0 aromatic heterocycles. The number of carboxylic acid groups (broad SMARTS) is 12. The van der Waals surface area contributed by atoms with Crippen molar-refractivity contribution in [3.63, 3.8) is 0 Å². The topological polar surface area (TPSA) is 767 Å². The van der Waals surface area contributed by atoms with Gasteiger partial charge in [-0.1, -0.05) is 55.4 Å². The van der Waals surface area contributed by atoms with Crippen LogP contribution in [0.3, 0.4) is 0 Å². The van der Waals surface area contributed by atoms with Crippen LogP contribution in [0.2, 0.25) is 0 Å². The molecule has 0 saturated carbocycles. The van der Waals surface area contributed by atoms with Gasteiger partial charge in [-0.2, -0.15) is 0 Å². The first-order valence-corrected chi connectivity index (χ1v) is 46.6. The van der Waals surface area contributed by atoms with E-state index in [4.69, 9.17) is 10.2 Å². The SMILES string of the molecule is CC(C)CN(CC(=O)NCC(CNC(=O)CN(CC(C)C)C(=O)CNCCN(CCN(CCNCC(=O)O)CC(=O)O)CC(=O)O)(CNC(=O)CN(CC(C)C)C(=O)CN(CCNCC(=O)O)CCN(CCNCC(=O)O)CC(=O)O)CNC(=O)CN(CC(C)C)C(=O)CN(CCNCC(=O)O)CCN(CCNCC(=O)O)CC(=O)O)C(=O)CNCCN(CCN(CCNCC(=O)O)CC(=O)O)CC(=O)O. The average Bonchev–Trinajstić information content (AvgIpc) is 0.837. The Kier molecular flexibility index (Phi) is 69.6. The zero-order valence-electron chi connectivity index (χ0n) is 82.5. The van der Waals surface area contributed by atoms with E-state index in [9.17, 15) is 137 Å². The van der Waals surface area contributed by atoms with Crippen molar-refractivity contribution in [3.8, 4) is 0 Å². The van der Waals surface area contributed by atoms with Crippen molar-refractivity contribution < 1.29 is 157 Å². The monoisotopic (exact) mass is 2030 g/mol. The molecule has 24 N–H and O–H groups in total. The largest absolute Gasteiger partial charge is 0.480 e. The Balaban J connectivity index is 8.61. The van der Waals surface area contributed by atoms with Crippen molar-refractivity contribution in [2.75, 3.05) is 340 Å². The third kappa shape index (κ3) is 72.6. The van der Waals surface area contributed by atoms with Crippen LogP contribution in [-0.4, -0.2) is 579 Å². The van der Waals surface area contributed by atoms with E-state index in [0.29, 0.717) is 0 Å². The van der Waals surface area contributed by atoms with Crippen LogP contribution in [0.5, 0.6) is 0 Å². The van der Waals surface area contributed by atoms with Crippen LogP contribution in [0.4, 0.5) is 0 Å². The highest BCUT2D eigenvalue weighted by molar-refractivity contribution is 5.89. The molecule has 0 unspecified atom stereocenters. The molecule has 0 fully saturated rings. The Labute approximate surface area is 820 Å². The molecule has 0 aromatic carbocycles. The Morgan fingerprint density at radius 2 is 0.340 bits per heavy atom. The van der Waals surface area contributed by atoms with E-state index in [0.717, 1.165) is 0 Å². The zero-order chi connectivity index (χ0) is 107. The lowest BCUT2D eigenvalue weighted by Gasteiger charge is -2.36. The summed E-state index contributed by atoms with van der Waals surface area (Å²) in [5, 5.41) is 147. The maximum atomic E-state index is 15.0. The molecule has 808 valence electrons. The van der Waals surface area contributed by atoms with Crippen LogP contribution in [0, 0.1) is 29.1 Å². The van der Waals surface area contributed by atoms with E-state index in [1.54, 1.807) is 65.2 Å². The van der Waals surface area contributed by atoms with Crippen molar-refractivity contribution in [2.24, 2.45) is 29.1 Å². The number of amides is 8. The highest BCUT2D eigenvalue weighted by Gasteiger charge is 2.36. The zero-order valence-corrected chi connectivity index (χ0v) is 82.5. The lowest BCUT2D eigenvalue weighted by Crippen LogP contribution is -2.59. The number of nitrogens with one attached hydrogen (secondary N) is 12. The second-order valence-corrected chi connectivity index (χ2v) is 35.6. The van der Waals surface area contributed by atoms with Gasteiger partial charge in [-0.05, 0) is 23.7 Å². The van der Waals surface area contributed by atoms with E-state index < -0.39 is 281 Å². The predicted molar refractivity (Wildman–Crippen MR) is 506 cm³/mol. The summed E-state index contributed by atoms with van der Waals surface area (Å²) in [5.74, 6) is -21.7. The maximum absolute atomic E-state index is 15.0. The Bertz CT molecular complexity index is 3620. The fourth-order valence-corrected chi connectivity index (χ4v) is 13.9. The highest BCUT2D eigenvalue weighted by atomic mass is 16.4. The van der Waals surface area contributed by atoms with Gasteiger partial charge in [-0.25, -0.2) is 0 Å². The van der Waals surface area contributed by atoms with Gasteiger partial charge in [0.05, 0.1) is 131 Å². The number of carboxylic acids is 12. The summed E-state index contributed by atoms with van der Waals surface area (Å²) in [6.07, 6.45) is 0. The number of carbonyl (C=O) groups excluding carboxylic acids is 8. The molecular formula is C85H156N24O32. The van der Waals surface area contributed by atoms with Crippen molar-refractivity contribution in [1.82, 2.24) is 123 Å². The second kappa shape index (κ2) is 75.6. The molecule has 56 heteroatoms. The second-order valence-electron chi connectivity index (χ2n) is 35.6. The quantitative estimate of drug-likeness (QED) is 0.0251. The normalized spacial score (nSPS) is 11.7. The standard InChI is InChI=1S/C85H156N24O32/c1-61(2)41-106(69(114)33-86-9-19-100(51-79(130)131)29-31-104(55-83(138)139)23-15-92-39-77(126)127)45-65(110)94-57-85(58-95-66(111)46-107(42-62(3)4)70(115)34-87-10-20-101(52-80(132)133)30-32-105(56-84(140)141)24-16-93-40-78(128)129,59-96-67(112)47-108(43-63(5)6)71(116)49-98(17-11-88-35-73(118)119)25-27-102(53-81(134)135)21-13-90-37-75(122)123)60-97-68(113)48-109(44-64(7)8)72(117)50-99(18-12-89-36-74(120)121)26-28-103(54-82(136)137)22-14-91-38-76(124)125/h61-64,86-93H,9-60H2,1-8H3,(H,94,110)(H,95,111)(H,96,112)(H,97,113)(H,118,119)(H,120,121)(H,122,123)(H,124,125)(H,126,127)(H,128,129)(H,130,131)(H,132,133)(H,134,135)(H,136,137)(H,138,139)(H,140,141). The number of aliphatic carboxylic acids is 12. The average molecular weight is 2030 g/mol. The molecule has 0 saturated heterocycles. The van der Waals surface area contributed by atoms with Gasteiger partial charge in [-0.3, -0.25) is 135 Å². The first kappa shape index (κ1) is 130. The lowest BCUT2D eigenvalue weighted by molar-refractivity contribution is -0.140. The first-order valence-electron chi connectivity index (χ1n) is 46.6. The molecule has 0 aromatic rings. The molecule has 0 spiro atoms. The Morgan fingerprint density at radius 3 is 0.489 bits per heavy atom. The number of carbonyl (C=O) groups is 20. The van der Waals surface area contributed by atoms with E-state index in [1.165, 1.54) is 49.0 Å². The minimum absolute atomic E-state index is 0.00128. The Hall–Kier alpha value is -11.2. The predicted octanol–water partition coefficient (Wildman–Crippen LogP) is -11.5. The van der Waals surface area contributed by atoms with Crippen LogP contribution in [-0.2, 0) is 95.9 Å². The van der Waals surface area contributed by atoms with E-state index >= 15 is 9.59 Å². The lowest BCUT2D eigenvalue weighted by atomic mass is 9.86. The Morgan fingerprint density at radius 1 is 0.191 bits per heavy atom.